The van der Waals surface area contributed by atoms with Gasteiger partial charge in [0.15, 0.2) is 5.78 Å². The second-order valence-electron chi connectivity index (χ2n) is 6.76. The van der Waals surface area contributed by atoms with Gasteiger partial charge in [-0.05, 0) is 38.5 Å². The van der Waals surface area contributed by atoms with E-state index < -0.39 is 41.1 Å². The molecule has 148 valence electrons. The lowest BCUT2D eigenvalue weighted by Gasteiger charge is -2.43. The smallest absolute Gasteiger partial charge is 0.317 e. The normalized spacial score (nSPS) is 27.7. The third-order valence-corrected chi connectivity index (χ3v) is 4.85. The average molecular weight is 378 g/mol. The maximum absolute atomic E-state index is 12.7. The fraction of sp³-hybridized carbons (Fsp3) is 0.550. The number of carbonyl (C=O) groups is 3. The fourth-order valence-electron chi connectivity index (χ4n) is 3.71. The van der Waals surface area contributed by atoms with Crippen molar-refractivity contribution in [2.75, 3.05) is 20.3 Å². The third kappa shape index (κ3) is 4.30. The van der Waals surface area contributed by atoms with Crippen LogP contribution in [0.1, 0.15) is 38.7 Å². The first kappa shape index (κ1) is 20.9. The lowest BCUT2D eigenvalue weighted by Crippen LogP contribution is -2.55. The zero-order valence-corrected chi connectivity index (χ0v) is 16.1. The van der Waals surface area contributed by atoms with E-state index >= 15 is 0 Å². The van der Waals surface area contributed by atoms with Crippen LogP contribution in [-0.4, -0.2) is 48.8 Å². The summed E-state index contributed by atoms with van der Waals surface area (Å²) in [6.07, 6.45) is -0.327. The Morgan fingerprint density at radius 3 is 2.19 bits per heavy atom. The van der Waals surface area contributed by atoms with Gasteiger partial charge in [0.05, 0.1) is 31.8 Å². The van der Waals surface area contributed by atoms with Gasteiger partial charge >= 0.3 is 11.9 Å². The molecule has 1 fully saturated rings. The molecule has 0 unspecified atom stereocenters. The van der Waals surface area contributed by atoms with Gasteiger partial charge in [0.25, 0.3) is 0 Å². The number of esters is 2. The van der Waals surface area contributed by atoms with Crippen LogP contribution in [0.15, 0.2) is 24.3 Å². The number of hydrogen-bond acceptors (Lipinski definition) is 7. The summed E-state index contributed by atoms with van der Waals surface area (Å²) in [6, 6.07) is 6.70. The largest absolute Gasteiger partial charge is 0.497 e. The summed E-state index contributed by atoms with van der Waals surface area (Å²) < 4.78 is 15.4. The summed E-state index contributed by atoms with van der Waals surface area (Å²) in [7, 11) is 1.52. The highest BCUT2D eigenvalue weighted by atomic mass is 16.5. The first-order chi connectivity index (χ1) is 12.8. The molecule has 1 aromatic carbocycles. The van der Waals surface area contributed by atoms with Gasteiger partial charge in [-0.2, -0.15) is 0 Å². The number of aliphatic hydroxyl groups is 1. The van der Waals surface area contributed by atoms with Crippen LogP contribution in [0.4, 0.5) is 0 Å². The van der Waals surface area contributed by atoms with Crippen LogP contribution in [0.25, 0.3) is 0 Å². The molecule has 0 spiro atoms. The molecule has 1 aromatic rings. The van der Waals surface area contributed by atoms with Crippen LogP contribution < -0.4 is 4.74 Å². The number of rotatable bonds is 6. The second-order valence-corrected chi connectivity index (χ2v) is 6.76. The van der Waals surface area contributed by atoms with Gasteiger partial charge in [-0.25, -0.2) is 0 Å². The standard InChI is InChI=1S/C20H26O7/c1-5-26-18(22)16-14(21)11-20(3,24)17(19(23)27-6-2)15(16)12-7-9-13(25-4)10-8-12/h7-10,15-17,24H,5-6,11H2,1-4H3/t15-,16+,17-,20-/m0/s1. The molecule has 0 saturated heterocycles. The lowest BCUT2D eigenvalue weighted by molar-refractivity contribution is -0.172. The zero-order chi connectivity index (χ0) is 20.2. The first-order valence-electron chi connectivity index (χ1n) is 8.99. The molecule has 1 aliphatic rings. The van der Waals surface area contributed by atoms with Crippen molar-refractivity contribution in [2.24, 2.45) is 11.8 Å². The van der Waals surface area contributed by atoms with Crippen LogP contribution in [-0.2, 0) is 23.9 Å². The number of ketones is 1. The molecule has 1 aliphatic carbocycles. The zero-order valence-electron chi connectivity index (χ0n) is 16.1. The molecule has 27 heavy (non-hydrogen) atoms. The molecular formula is C20H26O7. The maximum atomic E-state index is 12.7. The van der Waals surface area contributed by atoms with Crippen molar-refractivity contribution in [1.82, 2.24) is 0 Å². The molecule has 7 nitrogen and oxygen atoms in total. The minimum Gasteiger partial charge on any atom is -0.497 e. The summed E-state index contributed by atoms with van der Waals surface area (Å²) in [5.41, 5.74) is -1.09. The van der Waals surface area contributed by atoms with E-state index in [1.807, 2.05) is 0 Å². The fourth-order valence-corrected chi connectivity index (χ4v) is 3.71. The van der Waals surface area contributed by atoms with Crippen molar-refractivity contribution in [2.45, 2.75) is 38.7 Å². The Balaban J connectivity index is 2.59. The van der Waals surface area contributed by atoms with Crippen LogP contribution in [0.3, 0.4) is 0 Å². The summed E-state index contributed by atoms with van der Waals surface area (Å²) in [4.78, 5) is 38.0. The summed E-state index contributed by atoms with van der Waals surface area (Å²) in [5.74, 6) is -4.39. The molecular weight excluding hydrogens is 352 g/mol. The van der Waals surface area contributed by atoms with Crippen LogP contribution in [0, 0.1) is 11.8 Å². The lowest BCUT2D eigenvalue weighted by atomic mass is 9.61. The van der Waals surface area contributed by atoms with Gasteiger partial charge in [-0.15, -0.1) is 0 Å². The summed E-state index contributed by atoms with van der Waals surface area (Å²) in [6.45, 7) is 4.96. The predicted molar refractivity (Wildman–Crippen MR) is 96.2 cm³/mol. The Morgan fingerprint density at radius 1 is 1.11 bits per heavy atom. The Hall–Kier alpha value is -2.41. The molecule has 1 N–H and O–H groups in total. The van der Waals surface area contributed by atoms with E-state index in [0.717, 1.165) is 0 Å². The summed E-state index contributed by atoms with van der Waals surface area (Å²) >= 11 is 0. The predicted octanol–water partition coefficient (Wildman–Crippen LogP) is 1.86. The SMILES string of the molecule is CCOC(=O)[C@@H]1C(=O)C[C@](C)(O)[C@H](C(=O)OCC)[C@H]1c1ccc(OC)cc1. The number of Topliss-reactive ketones (excluding diaryl/α,β-unsaturated/α-hetero) is 1. The van der Waals surface area contributed by atoms with E-state index in [2.05, 4.69) is 0 Å². The molecule has 0 amide bonds. The van der Waals surface area contributed by atoms with E-state index in [1.165, 1.54) is 14.0 Å². The molecule has 7 heteroatoms. The Morgan fingerprint density at radius 2 is 1.67 bits per heavy atom. The van der Waals surface area contributed by atoms with Gasteiger partial charge in [-0.1, -0.05) is 12.1 Å². The minimum absolute atomic E-state index is 0.110. The van der Waals surface area contributed by atoms with E-state index in [9.17, 15) is 19.5 Å². The molecule has 1 saturated carbocycles. The first-order valence-corrected chi connectivity index (χ1v) is 8.99. The van der Waals surface area contributed by atoms with E-state index in [-0.39, 0.29) is 19.6 Å². The van der Waals surface area contributed by atoms with Gasteiger partial charge < -0.3 is 19.3 Å². The number of benzene rings is 1. The quantitative estimate of drug-likeness (QED) is 0.596. The minimum atomic E-state index is -1.64. The van der Waals surface area contributed by atoms with Crippen molar-refractivity contribution in [3.05, 3.63) is 29.8 Å². The average Bonchev–Trinajstić information content (AvgIpc) is 2.60. The van der Waals surface area contributed by atoms with Crippen LogP contribution in [0.5, 0.6) is 5.75 Å². The molecule has 0 radical (unpaired) electrons. The number of ether oxygens (including phenoxy) is 3. The van der Waals surface area contributed by atoms with Crippen LogP contribution in [0.2, 0.25) is 0 Å². The van der Waals surface area contributed by atoms with Crippen molar-refractivity contribution in [3.63, 3.8) is 0 Å². The Kier molecular flexibility index (Phi) is 6.59. The van der Waals surface area contributed by atoms with Crippen LogP contribution >= 0.6 is 0 Å². The van der Waals surface area contributed by atoms with E-state index in [1.54, 1.807) is 38.1 Å². The van der Waals surface area contributed by atoms with Crippen molar-refractivity contribution in [1.29, 1.82) is 0 Å². The van der Waals surface area contributed by atoms with Gasteiger partial charge in [0.2, 0.25) is 0 Å². The van der Waals surface area contributed by atoms with Gasteiger partial charge in [-0.3, -0.25) is 14.4 Å². The number of hydrogen-bond donors (Lipinski definition) is 1. The van der Waals surface area contributed by atoms with Gasteiger partial charge in [0.1, 0.15) is 11.7 Å². The van der Waals surface area contributed by atoms with E-state index in [0.29, 0.717) is 11.3 Å². The van der Waals surface area contributed by atoms with Crippen molar-refractivity contribution >= 4 is 17.7 Å². The number of carbonyl (C=O) groups excluding carboxylic acids is 3. The monoisotopic (exact) mass is 378 g/mol. The molecule has 0 heterocycles. The second kappa shape index (κ2) is 8.52. The molecule has 2 rings (SSSR count). The summed E-state index contributed by atoms with van der Waals surface area (Å²) in [5, 5.41) is 10.9. The number of methoxy groups -OCH3 is 1. The molecule has 0 aromatic heterocycles. The van der Waals surface area contributed by atoms with Crippen molar-refractivity contribution in [3.8, 4) is 5.75 Å². The highest BCUT2D eigenvalue weighted by Gasteiger charge is 2.57. The Labute approximate surface area is 158 Å². The topological polar surface area (TPSA) is 99.1 Å². The highest BCUT2D eigenvalue weighted by Crippen LogP contribution is 2.46. The highest BCUT2D eigenvalue weighted by molar-refractivity contribution is 6.02. The molecule has 0 bridgehead atoms. The van der Waals surface area contributed by atoms with Crippen molar-refractivity contribution < 1.29 is 33.7 Å². The molecule has 0 aliphatic heterocycles. The Bertz CT molecular complexity index is 693. The van der Waals surface area contributed by atoms with E-state index in [4.69, 9.17) is 14.2 Å². The maximum Gasteiger partial charge on any atom is 0.317 e. The van der Waals surface area contributed by atoms with Gasteiger partial charge in [0, 0.05) is 12.3 Å². The molecule has 4 atom stereocenters. The third-order valence-electron chi connectivity index (χ3n) is 4.85.